The fraction of sp³-hybridized carbons (Fsp3) is 0.161. The highest BCUT2D eigenvalue weighted by Crippen LogP contribution is 2.46. The Labute approximate surface area is 247 Å². The zero-order valence-corrected chi connectivity index (χ0v) is 23.7. The highest BCUT2D eigenvalue weighted by Gasteiger charge is 2.51. The van der Waals surface area contributed by atoms with Crippen molar-refractivity contribution in [2.75, 3.05) is 11.4 Å². The molecule has 0 spiro atoms. The Balaban J connectivity index is 1.52. The molecular weight excluding hydrogens is 576 g/mol. The molecule has 1 amide bonds. The summed E-state index contributed by atoms with van der Waals surface area (Å²) >= 11 is 25.0. The second-order valence-corrected chi connectivity index (χ2v) is 11.1. The zero-order chi connectivity index (χ0) is 27.6. The molecule has 0 atom stereocenters. The minimum atomic E-state index is -1.04. The molecule has 1 aliphatic rings. The lowest BCUT2D eigenvalue weighted by Gasteiger charge is -2.29. The number of amides is 1. The van der Waals surface area contributed by atoms with E-state index < -0.39 is 11.4 Å². The Morgan fingerprint density at radius 2 is 1.26 bits per heavy atom. The van der Waals surface area contributed by atoms with Crippen molar-refractivity contribution in [2.24, 2.45) is 0 Å². The van der Waals surface area contributed by atoms with Crippen LogP contribution in [-0.4, -0.2) is 18.4 Å². The third-order valence-corrected chi connectivity index (χ3v) is 8.35. The second kappa shape index (κ2) is 11.6. The summed E-state index contributed by atoms with van der Waals surface area (Å²) in [4.78, 5) is 28.9. The van der Waals surface area contributed by atoms with E-state index in [4.69, 9.17) is 51.1 Å². The Morgan fingerprint density at radius 3 is 1.85 bits per heavy atom. The van der Waals surface area contributed by atoms with Gasteiger partial charge in [-0.15, -0.1) is 0 Å². The van der Waals surface area contributed by atoms with Gasteiger partial charge < -0.3 is 9.64 Å². The number of ether oxygens (including phenoxy) is 1. The summed E-state index contributed by atoms with van der Waals surface area (Å²) < 4.78 is 5.52. The molecular formula is C31H23Cl4NO3. The van der Waals surface area contributed by atoms with Gasteiger partial charge in [-0.2, -0.15) is 0 Å². The summed E-state index contributed by atoms with van der Waals surface area (Å²) in [5, 5.41) is 1.66. The summed E-state index contributed by atoms with van der Waals surface area (Å²) in [6.45, 7) is -0.0891. The van der Waals surface area contributed by atoms with E-state index in [9.17, 15) is 9.59 Å². The van der Waals surface area contributed by atoms with Gasteiger partial charge in [-0.05, 0) is 65.4 Å². The van der Waals surface area contributed by atoms with Crippen molar-refractivity contribution in [3.63, 3.8) is 0 Å². The summed E-state index contributed by atoms with van der Waals surface area (Å²) in [5.41, 5.74) is 2.97. The maximum Gasteiger partial charge on any atom is 0.326 e. The highest BCUT2D eigenvalue weighted by atomic mass is 35.5. The van der Waals surface area contributed by atoms with Gasteiger partial charge in [0.2, 0.25) is 5.91 Å². The molecule has 0 unspecified atom stereocenters. The van der Waals surface area contributed by atoms with E-state index in [0.29, 0.717) is 38.6 Å². The first-order chi connectivity index (χ1) is 18.8. The number of carbonyl (C=O) groups excluding carboxylic acids is 2. The number of benzene rings is 4. The van der Waals surface area contributed by atoms with Crippen LogP contribution in [0, 0.1) is 0 Å². The van der Waals surface area contributed by atoms with Crippen molar-refractivity contribution < 1.29 is 14.3 Å². The quantitative estimate of drug-likeness (QED) is 0.192. The zero-order valence-electron chi connectivity index (χ0n) is 20.7. The topological polar surface area (TPSA) is 46.6 Å². The van der Waals surface area contributed by atoms with Crippen molar-refractivity contribution in [1.29, 1.82) is 0 Å². The third kappa shape index (κ3) is 5.80. The van der Waals surface area contributed by atoms with E-state index in [0.717, 1.165) is 22.3 Å². The molecule has 4 aromatic rings. The standard InChI is InChI=1S/C31H23Cl4NO3/c32-24-12-10-21(14-26(24)34)16-31(17-22-11-13-25(33)27(35)15-22)23-8-4-5-9-28(23)36(30(31)38)18-29(37)39-19-20-6-2-1-3-7-20/h1-15H,16-19H2. The van der Waals surface area contributed by atoms with Gasteiger partial charge >= 0.3 is 5.97 Å². The SMILES string of the molecule is O=C(CN1C(=O)C(Cc2ccc(Cl)c(Cl)c2)(Cc2ccc(Cl)c(Cl)c2)c2ccccc21)OCc1ccccc1. The summed E-state index contributed by atoms with van der Waals surface area (Å²) in [6.07, 6.45) is 0.658. The molecule has 0 aromatic heterocycles. The molecule has 198 valence electrons. The summed E-state index contributed by atoms with van der Waals surface area (Å²) in [7, 11) is 0. The number of nitrogens with zero attached hydrogens (tertiary/aromatic N) is 1. The number of rotatable bonds is 8. The van der Waals surface area contributed by atoms with E-state index in [1.165, 1.54) is 4.90 Å². The number of anilines is 1. The van der Waals surface area contributed by atoms with Gasteiger partial charge in [0.25, 0.3) is 0 Å². The first kappa shape index (κ1) is 27.5. The van der Waals surface area contributed by atoms with Crippen LogP contribution in [0.2, 0.25) is 20.1 Å². The van der Waals surface area contributed by atoms with Crippen LogP contribution < -0.4 is 4.90 Å². The van der Waals surface area contributed by atoms with Crippen molar-refractivity contribution >= 4 is 64.0 Å². The number of halogens is 4. The van der Waals surface area contributed by atoms with Crippen molar-refractivity contribution in [3.05, 3.63) is 133 Å². The number of fused-ring (bicyclic) bond motifs is 1. The van der Waals surface area contributed by atoms with Crippen LogP contribution >= 0.6 is 46.4 Å². The lowest BCUT2D eigenvalue weighted by molar-refractivity contribution is -0.144. The molecule has 5 rings (SSSR count). The van der Waals surface area contributed by atoms with Crippen LogP contribution in [0.3, 0.4) is 0 Å². The lowest BCUT2D eigenvalue weighted by atomic mass is 9.72. The molecule has 0 saturated carbocycles. The van der Waals surface area contributed by atoms with Gasteiger partial charge in [-0.1, -0.05) is 107 Å². The van der Waals surface area contributed by atoms with Crippen molar-refractivity contribution in [3.8, 4) is 0 Å². The maximum absolute atomic E-state index is 14.4. The predicted molar refractivity (Wildman–Crippen MR) is 157 cm³/mol. The Kier molecular flexibility index (Phi) is 8.20. The van der Waals surface area contributed by atoms with E-state index in [1.54, 1.807) is 24.3 Å². The fourth-order valence-electron chi connectivity index (χ4n) is 5.07. The molecule has 4 nitrogen and oxygen atoms in total. The minimum Gasteiger partial charge on any atom is -0.459 e. The number of esters is 1. The predicted octanol–water partition coefficient (Wildman–Crippen LogP) is 8.11. The molecule has 4 aromatic carbocycles. The average Bonchev–Trinajstić information content (AvgIpc) is 3.15. The third-order valence-electron chi connectivity index (χ3n) is 6.87. The highest BCUT2D eigenvalue weighted by molar-refractivity contribution is 6.42. The average molecular weight is 599 g/mol. The molecule has 0 fully saturated rings. The Hall–Kier alpha value is -3.02. The molecule has 0 radical (unpaired) electrons. The number of hydrogen-bond donors (Lipinski definition) is 0. The van der Waals surface area contributed by atoms with Crippen LogP contribution in [0.1, 0.15) is 22.3 Å². The van der Waals surface area contributed by atoms with Gasteiger partial charge in [-0.25, -0.2) is 0 Å². The van der Waals surface area contributed by atoms with E-state index in [1.807, 2.05) is 66.7 Å². The van der Waals surface area contributed by atoms with Crippen LogP contribution in [-0.2, 0) is 39.2 Å². The second-order valence-electron chi connectivity index (χ2n) is 9.49. The largest absolute Gasteiger partial charge is 0.459 e. The smallest absolute Gasteiger partial charge is 0.326 e. The van der Waals surface area contributed by atoms with E-state index in [2.05, 4.69) is 0 Å². The van der Waals surface area contributed by atoms with Crippen LogP contribution in [0.4, 0.5) is 5.69 Å². The first-order valence-corrected chi connectivity index (χ1v) is 13.8. The number of hydrogen-bond acceptors (Lipinski definition) is 3. The molecule has 1 heterocycles. The van der Waals surface area contributed by atoms with E-state index in [-0.39, 0.29) is 19.1 Å². The Morgan fingerprint density at radius 1 is 0.692 bits per heavy atom. The van der Waals surface area contributed by atoms with Crippen LogP contribution in [0.15, 0.2) is 91.0 Å². The first-order valence-electron chi connectivity index (χ1n) is 12.3. The lowest BCUT2D eigenvalue weighted by Crippen LogP contribution is -2.45. The molecule has 1 aliphatic heterocycles. The van der Waals surface area contributed by atoms with Gasteiger partial charge in [0, 0.05) is 5.69 Å². The minimum absolute atomic E-state index is 0.126. The molecule has 39 heavy (non-hydrogen) atoms. The monoisotopic (exact) mass is 597 g/mol. The maximum atomic E-state index is 14.4. The van der Waals surface area contributed by atoms with Crippen molar-refractivity contribution in [2.45, 2.75) is 24.9 Å². The molecule has 0 saturated heterocycles. The van der Waals surface area contributed by atoms with Gasteiger partial charge in [-0.3, -0.25) is 9.59 Å². The summed E-state index contributed by atoms with van der Waals surface area (Å²) in [6, 6.07) is 27.6. The Bertz CT molecular complexity index is 1490. The normalized spacial score (nSPS) is 13.8. The van der Waals surface area contributed by atoms with Crippen LogP contribution in [0.25, 0.3) is 0 Å². The molecule has 0 N–H and O–H groups in total. The fourth-order valence-corrected chi connectivity index (χ4v) is 5.71. The van der Waals surface area contributed by atoms with Gasteiger partial charge in [0.15, 0.2) is 0 Å². The van der Waals surface area contributed by atoms with Gasteiger partial charge in [0.05, 0.1) is 25.5 Å². The van der Waals surface area contributed by atoms with Crippen LogP contribution in [0.5, 0.6) is 0 Å². The molecule has 8 heteroatoms. The van der Waals surface area contributed by atoms with Crippen molar-refractivity contribution in [1.82, 2.24) is 0 Å². The summed E-state index contributed by atoms with van der Waals surface area (Å²) in [5.74, 6) is -0.709. The number of carbonyl (C=O) groups is 2. The molecule has 0 bridgehead atoms. The number of para-hydroxylation sites is 1. The van der Waals surface area contributed by atoms with Gasteiger partial charge in [0.1, 0.15) is 13.2 Å². The molecule has 0 aliphatic carbocycles. The van der Waals surface area contributed by atoms with E-state index >= 15 is 0 Å².